The summed E-state index contributed by atoms with van der Waals surface area (Å²) in [4.78, 5) is 16.5. The van der Waals surface area contributed by atoms with Crippen LogP contribution in [0.5, 0.6) is 0 Å². The predicted molar refractivity (Wildman–Crippen MR) is 83.7 cm³/mol. The number of pyridine rings is 1. The average molecular weight is 295 g/mol. The molecule has 0 spiro atoms. The number of nitrogens with two attached hydrogens (primary N) is 1. The van der Waals surface area contributed by atoms with Gasteiger partial charge in [-0.05, 0) is 29.8 Å². The van der Waals surface area contributed by atoms with Gasteiger partial charge in [-0.3, -0.25) is 4.79 Å². The molecule has 3 aromatic rings. The number of rotatable bonds is 3. The molecule has 1 aromatic heterocycles. The highest BCUT2D eigenvalue weighted by atomic mass is 19.1. The number of benzene rings is 2. The van der Waals surface area contributed by atoms with Crippen molar-refractivity contribution in [2.24, 2.45) is 0 Å². The predicted octanol–water partition coefficient (Wildman–Crippen LogP) is 2.89. The number of amides is 1. The number of halogens is 1. The van der Waals surface area contributed by atoms with Crippen molar-refractivity contribution in [1.29, 1.82) is 0 Å². The average Bonchev–Trinajstić information content (AvgIpc) is 2.53. The zero-order valence-corrected chi connectivity index (χ0v) is 11.7. The summed E-state index contributed by atoms with van der Waals surface area (Å²) in [5, 5.41) is 3.61. The lowest BCUT2D eigenvalue weighted by Gasteiger charge is -2.08. The maximum absolute atomic E-state index is 12.8. The standard InChI is InChI=1S/C17H14FN3O/c18-13-7-5-11(6-8-13)10-20-17(22)14-9-12-3-1-2-4-15(12)21-16(14)19/h1-9H,10H2,(H2,19,21)(H,20,22). The molecule has 0 fully saturated rings. The van der Waals surface area contributed by atoms with Crippen molar-refractivity contribution < 1.29 is 9.18 Å². The molecule has 0 saturated carbocycles. The normalized spacial score (nSPS) is 10.6. The molecule has 1 amide bonds. The maximum atomic E-state index is 12.8. The molecule has 0 radical (unpaired) electrons. The van der Waals surface area contributed by atoms with Crippen LogP contribution in [0.1, 0.15) is 15.9 Å². The van der Waals surface area contributed by atoms with Crippen LogP contribution in [0.2, 0.25) is 0 Å². The number of fused-ring (bicyclic) bond motifs is 1. The lowest BCUT2D eigenvalue weighted by atomic mass is 10.1. The van der Waals surface area contributed by atoms with Crippen LogP contribution in [0, 0.1) is 5.82 Å². The Balaban J connectivity index is 1.79. The minimum atomic E-state index is -0.307. The van der Waals surface area contributed by atoms with Gasteiger partial charge in [-0.15, -0.1) is 0 Å². The number of hydrogen-bond acceptors (Lipinski definition) is 3. The van der Waals surface area contributed by atoms with E-state index >= 15 is 0 Å². The number of carbonyl (C=O) groups is 1. The van der Waals surface area contributed by atoms with Crippen LogP contribution in [0.25, 0.3) is 10.9 Å². The van der Waals surface area contributed by atoms with Gasteiger partial charge in [0, 0.05) is 11.9 Å². The van der Waals surface area contributed by atoms with Gasteiger partial charge in [0.25, 0.3) is 5.91 Å². The molecule has 0 saturated heterocycles. The van der Waals surface area contributed by atoms with Gasteiger partial charge in [-0.1, -0.05) is 30.3 Å². The Morgan fingerprint density at radius 3 is 2.64 bits per heavy atom. The molecule has 3 N–H and O–H groups in total. The first-order chi connectivity index (χ1) is 10.6. The van der Waals surface area contributed by atoms with E-state index in [0.29, 0.717) is 12.1 Å². The number of hydrogen-bond donors (Lipinski definition) is 2. The highest BCUT2D eigenvalue weighted by molar-refractivity contribution is 6.01. The first-order valence-electron chi connectivity index (χ1n) is 6.81. The van der Waals surface area contributed by atoms with Gasteiger partial charge in [-0.25, -0.2) is 9.37 Å². The Morgan fingerprint density at radius 2 is 1.86 bits per heavy atom. The van der Waals surface area contributed by atoms with E-state index in [1.165, 1.54) is 12.1 Å². The molecular formula is C17H14FN3O. The molecule has 0 aliphatic heterocycles. The Labute approximate surface area is 126 Å². The molecular weight excluding hydrogens is 281 g/mol. The lowest BCUT2D eigenvalue weighted by Crippen LogP contribution is -2.24. The van der Waals surface area contributed by atoms with Crippen LogP contribution in [0.3, 0.4) is 0 Å². The molecule has 4 nitrogen and oxygen atoms in total. The minimum Gasteiger partial charge on any atom is -0.383 e. The van der Waals surface area contributed by atoms with Crippen LogP contribution < -0.4 is 11.1 Å². The van der Waals surface area contributed by atoms with E-state index in [9.17, 15) is 9.18 Å². The van der Waals surface area contributed by atoms with Crippen LogP contribution in [-0.2, 0) is 6.54 Å². The van der Waals surface area contributed by atoms with E-state index in [1.54, 1.807) is 18.2 Å². The van der Waals surface area contributed by atoms with Crippen molar-refractivity contribution in [2.75, 3.05) is 5.73 Å². The van der Waals surface area contributed by atoms with Crippen molar-refractivity contribution in [3.05, 3.63) is 71.5 Å². The van der Waals surface area contributed by atoms with Gasteiger partial charge in [0.15, 0.2) is 0 Å². The Hall–Kier alpha value is -2.95. The first kappa shape index (κ1) is 14.0. The summed E-state index contributed by atoms with van der Waals surface area (Å²) in [6.07, 6.45) is 0. The zero-order chi connectivity index (χ0) is 15.5. The topological polar surface area (TPSA) is 68.0 Å². The van der Waals surface area contributed by atoms with Crippen molar-refractivity contribution in [1.82, 2.24) is 10.3 Å². The van der Waals surface area contributed by atoms with E-state index in [-0.39, 0.29) is 17.5 Å². The van der Waals surface area contributed by atoms with Crippen molar-refractivity contribution in [3.8, 4) is 0 Å². The van der Waals surface area contributed by atoms with E-state index in [4.69, 9.17) is 5.73 Å². The van der Waals surface area contributed by atoms with E-state index in [2.05, 4.69) is 10.3 Å². The van der Waals surface area contributed by atoms with Gasteiger partial charge < -0.3 is 11.1 Å². The van der Waals surface area contributed by atoms with E-state index < -0.39 is 0 Å². The van der Waals surface area contributed by atoms with Crippen molar-refractivity contribution >= 4 is 22.6 Å². The SMILES string of the molecule is Nc1nc2ccccc2cc1C(=O)NCc1ccc(F)cc1. The molecule has 0 bridgehead atoms. The molecule has 1 heterocycles. The number of nitrogens with zero attached hydrogens (tertiary/aromatic N) is 1. The molecule has 2 aromatic carbocycles. The monoisotopic (exact) mass is 295 g/mol. The fourth-order valence-electron chi connectivity index (χ4n) is 2.19. The number of aromatic nitrogens is 1. The van der Waals surface area contributed by atoms with Crippen LogP contribution in [-0.4, -0.2) is 10.9 Å². The summed E-state index contributed by atoms with van der Waals surface area (Å²) in [6.45, 7) is 0.297. The Morgan fingerprint density at radius 1 is 1.14 bits per heavy atom. The van der Waals surface area contributed by atoms with Crippen LogP contribution in [0.15, 0.2) is 54.6 Å². The second kappa shape index (κ2) is 5.81. The number of carbonyl (C=O) groups excluding carboxylic acids is 1. The largest absolute Gasteiger partial charge is 0.383 e. The van der Waals surface area contributed by atoms with E-state index in [0.717, 1.165) is 16.5 Å². The van der Waals surface area contributed by atoms with Gasteiger partial charge >= 0.3 is 0 Å². The van der Waals surface area contributed by atoms with Crippen molar-refractivity contribution in [2.45, 2.75) is 6.54 Å². The lowest BCUT2D eigenvalue weighted by molar-refractivity contribution is 0.0951. The fourth-order valence-corrected chi connectivity index (χ4v) is 2.19. The van der Waals surface area contributed by atoms with E-state index in [1.807, 2.05) is 24.3 Å². The third kappa shape index (κ3) is 2.88. The third-order valence-electron chi connectivity index (χ3n) is 3.36. The molecule has 0 unspecified atom stereocenters. The summed E-state index contributed by atoms with van der Waals surface area (Å²) < 4.78 is 12.8. The molecule has 0 atom stereocenters. The van der Waals surface area contributed by atoms with Gasteiger partial charge in [0.2, 0.25) is 0 Å². The number of nitrogen functional groups attached to an aromatic ring is 1. The molecule has 110 valence electrons. The summed E-state index contributed by atoms with van der Waals surface area (Å²) in [5.41, 5.74) is 7.74. The number of nitrogens with one attached hydrogen (secondary N) is 1. The zero-order valence-electron chi connectivity index (χ0n) is 11.7. The molecule has 0 aliphatic rings. The number of para-hydroxylation sites is 1. The summed E-state index contributed by atoms with van der Waals surface area (Å²) in [5.74, 6) is -0.423. The Bertz CT molecular complexity index is 831. The molecule has 3 rings (SSSR count). The summed E-state index contributed by atoms with van der Waals surface area (Å²) in [7, 11) is 0. The smallest absolute Gasteiger partial charge is 0.255 e. The highest BCUT2D eigenvalue weighted by Gasteiger charge is 2.12. The number of anilines is 1. The molecule has 22 heavy (non-hydrogen) atoms. The Kier molecular flexibility index (Phi) is 3.70. The minimum absolute atomic E-state index is 0.190. The summed E-state index contributed by atoms with van der Waals surface area (Å²) in [6, 6.07) is 15.1. The third-order valence-corrected chi connectivity index (χ3v) is 3.36. The van der Waals surface area contributed by atoms with Crippen LogP contribution in [0.4, 0.5) is 10.2 Å². The highest BCUT2D eigenvalue weighted by Crippen LogP contribution is 2.18. The molecule has 0 aliphatic carbocycles. The summed E-state index contributed by atoms with van der Waals surface area (Å²) >= 11 is 0. The first-order valence-corrected chi connectivity index (χ1v) is 6.81. The fraction of sp³-hybridized carbons (Fsp3) is 0.0588. The second-order valence-electron chi connectivity index (χ2n) is 4.92. The maximum Gasteiger partial charge on any atom is 0.255 e. The van der Waals surface area contributed by atoms with Crippen molar-refractivity contribution in [3.63, 3.8) is 0 Å². The molecule has 5 heteroatoms. The van der Waals surface area contributed by atoms with Gasteiger partial charge in [-0.2, -0.15) is 0 Å². The van der Waals surface area contributed by atoms with Crippen LogP contribution >= 0.6 is 0 Å². The van der Waals surface area contributed by atoms with Gasteiger partial charge in [0.1, 0.15) is 11.6 Å². The second-order valence-corrected chi connectivity index (χ2v) is 4.92. The van der Waals surface area contributed by atoms with Gasteiger partial charge in [0.05, 0.1) is 11.1 Å². The quantitative estimate of drug-likeness (QED) is 0.780.